The van der Waals surface area contributed by atoms with Gasteiger partial charge in [0.1, 0.15) is 0 Å². The molecule has 0 unspecified atom stereocenters. The van der Waals surface area contributed by atoms with Crippen molar-refractivity contribution in [2.75, 3.05) is 5.75 Å². The Bertz CT molecular complexity index is 1070. The SMILES string of the molecule is CCCCCS(=O)(=O)NC(=O)CCc1cc(C(C)C)nn1Cc1ccc(C(F)(F)F)cc1Cl. The summed E-state index contributed by atoms with van der Waals surface area (Å²) < 4.78 is 66.4. The number of hydrogen-bond acceptors (Lipinski definition) is 4. The topological polar surface area (TPSA) is 81.1 Å². The normalized spacial score (nSPS) is 12.4. The van der Waals surface area contributed by atoms with Crippen LogP contribution in [-0.4, -0.2) is 29.9 Å². The van der Waals surface area contributed by atoms with E-state index in [9.17, 15) is 26.4 Å². The van der Waals surface area contributed by atoms with Gasteiger partial charge in [-0.3, -0.25) is 14.2 Å². The Morgan fingerprint density at radius 3 is 2.48 bits per heavy atom. The largest absolute Gasteiger partial charge is 0.416 e. The molecule has 0 radical (unpaired) electrons. The first kappa shape index (κ1) is 27.2. The van der Waals surface area contributed by atoms with E-state index in [1.165, 1.54) is 6.07 Å². The number of hydrogen-bond donors (Lipinski definition) is 1. The zero-order chi connectivity index (χ0) is 24.8. The van der Waals surface area contributed by atoms with E-state index in [-0.39, 0.29) is 36.1 Å². The molecule has 0 aliphatic carbocycles. The van der Waals surface area contributed by atoms with Gasteiger partial charge in [0.25, 0.3) is 0 Å². The first-order valence-electron chi connectivity index (χ1n) is 10.8. The molecule has 2 aromatic rings. The van der Waals surface area contributed by atoms with Crippen molar-refractivity contribution in [2.24, 2.45) is 0 Å². The minimum absolute atomic E-state index is 0.0340. The van der Waals surface area contributed by atoms with Gasteiger partial charge in [-0.1, -0.05) is 51.3 Å². The fraction of sp³-hybridized carbons (Fsp3) is 0.545. The second-order valence-corrected chi connectivity index (χ2v) is 10.5. The first-order valence-corrected chi connectivity index (χ1v) is 12.8. The third-order valence-electron chi connectivity index (χ3n) is 5.07. The molecule has 184 valence electrons. The molecule has 0 bridgehead atoms. The third-order valence-corrected chi connectivity index (χ3v) is 6.79. The molecule has 1 amide bonds. The van der Waals surface area contributed by atoms with Crippen LogP contribution < -0.4 is 4.72 Å². The average Bonchev–Trinajstić information content (AvgIpc) is 3.10. The zero-order valence-corrected chi connectivity index (χ0v) is 20.4. The lowest BCUT2D eigenvalue weighted by Crippen LogP contribution is -2.32. The highest BCUT2D eigenvalue weighted by atomic mass is 35.5. The maximum atomic E-state index is 12.9. The van der Waals surface area contributed by atoms with E-state index in [0.717, 1.165) is 30.7 Å². The summed E-state index contributed by atoms with van der Waals surface area (Å²) in [7, 11) is -3.68. The summed E-state index contributed by atoms with van der Waals surface area (Å²) in [6.45, 7) is 5.96. The Hall–Kier alpha value is -2.07. The molecule has 6 nitrogen and oxygen atoms in total. The number of sulfonamides is 1. The van der Waals surface area contributed by atoms with Crippen LogP contribution in [0.2, 0.25) is 5.02 Å². The number of carbonyl (C=O) groups excluding carboxylic acids is 1. The summed E-state index contributed by atoms with van der Waals surface area (Å²) in [5.74, 6) is -0.632. The predicted molar refractivity (Wildman–Crippen MR) is 122 cm³/mol. The quantitative estimate of drug-likeness (QED) is 0.419. The molecule has 0 aliphatic heterocycles. The summed E-state index contributed by atoms with van der Waals surface area (Å²) in [6, 6.07) is 4.96. The summed E-state index contributed by atoms with van der Waals surface area (Å²) >= 11 is 6.09. The summed E-state index contributed by atoms with van der Waals surface area (Å²) in [4.78, 5) is 12.2. The highest BCUT2D eigenvalue weighted by molar-refractivity contribution is 7.90. The van der Waals surface area contributed by atoms with Crippen molar-refractivity contribution in [2.45, 2.75) is 71.5 Å². The van der Waals surface area contributed by atoms with Crippen LogP contribution in [0, 0.1) is 0 Å². The van der Waals surface area contributed by atoms with Gasteiger partial charge in [-0.15, -0.1) is 0 Å². The second kappa shape index (κ2) is 11.4. The van der Waals surface area contributed by atoms with Crippen LogP contribution in [0.4, 0.5) is 13.2 Å². The minimum atomic E-state index is -4.49. The molecule has 0 spiro atoms. The van der Waals surface area contributed by atoms with Crippen LogP contribution in [0.1, 0.15) is 74.9 Å². The zero-order valence-electron chi connectivity index (χ0n) is 18.9. The predicted octanol–water partition coefficient (Wildman–Crippen LogP) is 5.30. The number of nitrogens with one attached hydrogen (secondary N) is 1. The lowest BCUT2D eigenvalue weighted by atomic mass is 10.1. The monoisotopic (exact) mass is 507 g/mol. The fourth-order valence-corrected chi connectivity index (χ4v) is 4.55. The van der Waals surface area contributed by atoms with Gasteiger partial charge >= 0.3 is 6.18 Å². The van der Waals surface area contributed by atoms with E-state index >= 15 is 0 Å². The molecule has 1 aromatic heterocycles. The van der Waals surface area contributed by atoms with Gasteiger partial charge in [-0.25, -0.2) is 8.42 Å². The van der Waals surface area contributed by atoms with Gasteiger partial charge in [-0.2, -0.15) is 18.3 Å². The van der Waals surface area contributed by atoms with Crippen molar-refractivity contribution in [1.82, 2.24) is 14.5 Å². The van der Waals surface area contributed by atoms with Crippen LogP contribution in [0.15, 0.2) is 24.3 Å². The Kier molecular flexibility index (Phi) is 9.37. The van der Waals surface area contributed by atoms with Crippen molar-refractivity contribution >= 4 is 27.5 Å². The number of unbranched alkanes of at least 4 members (excludes halogenated alkanes) is 2. The van der Waals surface area contributed by atoms with Crippen molar-refractivity contribution in [3.63, 3.8) is 0 Å². The van der Waals surface area contributed by atoms with Crippen LogP contribution in [-0.2, 0) is 34.0 Å². The van der Waals surface area contributed by atoms with E-state index in [1.54, 1.807) is 4.68 Å². The van der Waals surface area contributed by atoms with Crippen LogP contribution in [0.5, 0.6) is 0 Å². The number of aromatic nitrogens is 2. The standard InChI is InChI=1S/C22H29ClF3N3O3S/c1-4-5-6-11-33(31,32)28-21(30)10-9-18-13-20(15(2)3)27-29(18)14-16-7-8-17(12-19(16)23)22(24,25)26/h7-8,12-13,15H,4-6,9-11,14H2,1-3H3,(H,28,30). The molecule has 0 saturated carbocycles. The Morgan fingerprint density at radius 2 is 1.91 bits per heavy atom. The Morgan fingerprint density at radius 1 is 1.21 bits per heavy atom. The first-order chi connectivity index (χ1) is 15.3. The van der Waals surface area contributed by atoms with Crippen molar-refractivity contribution in [3.8, 4) is 0 Å². The smallest absolute Gasteiger partial charge is 0.274 e. The maximum Gasteiger partial charge on any atom is 0.416 e. The number of amides is 1. The maximum absolute atomic E-state index is 12.9. The fourth-order valence-electron chi connectivity index (χ4n) is 3.17. The molecule has 2 rings (SSSR count). The summed E-state index contributed by atoms with van der Waals surface area (Å²) in [6.07, 6.45) is -2.23. The number of alkyl halides is 3. The average molecular weight is 508 g/mol. The summed E-state index contributed by atoms with van der Waals surface area (Å²) in [5.41, 5.74) is 1.03. The van der Waals surface area contributed by atoms with Gasteiger partial charge < -0.3 is 0 Å². The van der Waals surface area contributed by atoms with Crippen LogP contribution >= 0.6 is 11.6 Å². The lowest BCUT2D eigenvalue weighted by Gasteiger charge is -2.12. The number of aryl methyl sites for hydroxylation is 1. The van der Waals surface area contributed by atoms with Gasteiger partial charge in [-0.05, 0) is 42.5 Å². The molecule has 1 aromatic carbocycles. The summed E-state index contributed by atoms with van der Waals surface area (Å²) in [5, 5.41) is 4.47. The van der Waals surface area contributed by atoms with Gasteiger partial charge in [0.05, 0.1) is 23.6 Å². The molecule has 0 fully saturated rings. The molecular weight excluding hydrogens is 479 g/mol. The van der Waals surface area contributed by atoms with Crippen molar-refractivity contribution in [1.29, 1.82) is 0 Å². The Balaban J connectivity index is 2.14. The second-order valence-electron chi connectivity index (χ2n) is 8.23. The number of benzene rings is 1. The number of halogens is 4. The number of rotatable bonds is 11. The van der Waals surface area contributed by atoms with E-state index in [2.05, 4.69) is 9.82 Å². The Labute approximate surface area is 197 Å². The number of nitrogens with zero attached hydrogens (tertiary/aromatic N) is 2. The third kappa shape index (κ3) is 8.33. The molecule has 0 saturated heterocycles. The molecular formula is C22H29ClF3N3O3S. The molecule has 0 atom stereocenters. The van der Waals surface area contributed by atoms with Crippen molar-refractivity contribution in [3.05, 3.63) is 51.8 Å². The van der Waals surface area contributed by atoms with E-state index < -0.39 is 27.7 Å². The van der Waals surface area contributed by atoms with Gasteiger partial charge in [0, 0.05) is 17.1 Å². The van der Waals surface area contributed by atoms with Crippen LogP contribution in [0.3, 0.4) is 0 Å². The van der Waals surface area contributed by atoms with E-state index in [4.69, 9.17) is 11.6 Å². The van der Waals surface area contributed by atoms with E-state index in [0.29, 0.717) is 17.7 Å². The molecule has 1 N–H and O–H groups in total. The molecule has 0 aliphatic rings. The minimum Gasteiger partial charge on any atom is -0.274 e. The highest BCUT2D eigenvalue weighted by Crippen LogP contribution is 2.32. The highest BCUT2D eigenvalue weighted by Gasteiger charge is 2.31. The van der Waals surface area contributed by atoms with Gasteiger partial charge in [0.15, 0.2) is 0 Å². The lowest BCUT2D eigenvalue weighted by molar-refractivity contribution is -0.137. The van der Waals surface area contributed by atoms with Crippen LogP contribution in [0.25, 0.3) is 0 Å². The molecule has 33 heavy (non-hydrogen) atoms. The molecule has 1 heterocycles. The van der Waals surface area contributed by atoms with Crippen molar-refractivity contribution < 1.29 is 26.4 Å². The van der Waals surface area contributed by atoms with E-state index in [1.807, 2.05) is 26.8 Å². The molecule has 11 heteroatoms. The number of carbonyl (C=O) groups is 1. The van der Waals surface area contributed by atoms with Gasteiger partial charge in [0.2, 0.25) is 15.9 Å².